The van der Waals surface area contributed by atoms with Crippen LogP contribution in [-0.2, 0) is 13.9 Å². The smallest absolute Gasteiger partial charge is 0.341 e. The third-order valence-corrected chi connectivity index (χ3v) is 10.3. The lowest BCUT2D eigenvalue weighted by Crippen LogP contribution is -2.24. The van der Waals surface area contributed by atoms with E-state index in [4.69, 9.17) is 9.47 Å². The van der Waals surface area contributed by atoms with Gasteiger partial charge in [0.05, 0.1) is 23.3 Å². The van der Waals surface area contributed by atoms with Gasteiger partial charge >= 0.3 is 27.1 Å². The fraction of sp³-hybridized carbons (Fsp3) is 0.238. The summed E-state index contributed by atoms with van der Waals surface area (Å²) in [4.78, 5) is 86.3. The molecule has 0 aromatic heterocycles. The Hall–Kier alpha value is -2.83. The zero-order chi connectivity index (χ0) is 27.7. The topological polar surface area (TPSA) is 222 Å². The maximum Gasteiger partial charge on any atom is 0.341 e. The Bertz CT molecular complexity index is 1370. The molecule has 3 rings (SSSR count). The molecule has 13 nitrogen and oxygen atoms in total. The van der Waals surface area contributed by atoms with Crippen molar-refractivity contribution in [2.75, 3.05) is 18.1 Å². The Labute approximate surface area is 213 Å². The van der Waals surface area contributed by atoms with Crippen molar-refractivity contribution in [3.05, 3.63) is 58.1 Å². The molecule has 0 spiro atoms. The van der Waals surface area contributed by atoms with Crippen LogP contribution in [0.2, 0.25) is 0 Å². The van der Waals surface area contributed by atoms with Crippen molar-refractivity contribution in [3.63, 3.8) is 0 Å². The highest BCUT2D eigenvalue weighted by Gasteiger charge is 2.43. The molecule has 5 N–H and O–H groups in total. The summed E-state index contributed by atoms with van der Waals surface area (Å²) in [6.07, 6.45) is 0. The molecule has 0 aliphatic heterocycles. The molecular weight excluding hydrogens is 554 g/mol. The minimum absolute atomic E-state index is 0.0135. The first-order chi connectivity index (χ1) is 17.1. The van der Waals surface area contributed by atoms with Gasteiger partial charge in [0.15, 0.2) is 11.2 Å². The average Bonchev–Trinajstić information content (AvgIpc) is 2.76. The third kappa shape index (κ3) is 6.36. The number of ketones is 2. The Morgan fingerprint density at radius 2 is 1.57 bits per heavy atom. The van der Waals surface area contributed by atoms with Crippen molar-refractivity contribution in [3.8, 4) is 11.5 Å². The predicted molar refractivity (Wildman–Crippen MR) is 129 cm³/mol. The van der Waals surface area contributed by atoms with Crippen LogP contribution in [0.3, 0.4) is 0 Å². The molecule has 1 aliphatic rings. The van der Waals surface area contributed by atoms with Crippen LogP contribution in [0, 0.1) is 0 Å². The van der Waals surface area contributed by atoms with Crippen LogP contribution in [0.1, 0.15) is 49.1 Å². The van der Waals surface area contributed by atoms with Crippen molar-refractivity contribution in [1.29, 1.82) is 0 Å². The molecule has 198 valence electrons. The second-order valence-corrected chi connectivity index (χ2v) is 12.9. The van der Waals surface area contributed by atoms with Crippen molar-refractivity contribution in [1.82, 2.24) is 0 Å². The van der Waals surface area contributed by atoms with Gasteiger partial charge in [-0.05, 0) is 18.2 Å². The number of carbonyl (C=O) groups is 4. The van der Waals surface area contributed by atoms with E-state index in [9.17, 15) is 53.0 Å². The summed E-state index contributed by atoms with van der Waals surface area (Å²) in [6, 6.07) is 6.10. The lowest BCUT2D eigenvalue weighted by atomic mass is 9.82. The maximum atomic E-state index is 13.4. The van der Waals surface area contributed by atoms with E-state index in [-0.39, 0.29) is 45.9 Å². The second-order valence-electron chi connectivity index (χ2n) is 7.71. The predicted octanol–water partition coefficient (Wildman–Crippen LogP) is 1.88. The van der Waals surface area contributed by atoms with E-state index < -0.39 is 55.6 Å². The van der Waals surface area contributed by atoms with E-state index >= 15 is 0 Å². The highest BCUT2D eigenvalue weighted by atomic mass is 32.2. The van der Waals surface area contributed by atoms with Gasteiger partial charge < -0.3 is 34.2 Å². The summed E-state index contributed by atoms with van der Waals surface area (Å²) < 4.78 is 33.3. The first-order valence-electron chi connectivity index (χ1n) is 10.3. The standard InChI is InChI=1S/C21H20O13P2S/c1-10(22)34-15-8-11(21(25)26)7-13-18(15)20(24)17-12(19(13)23)3-2-4-14(17)33-5-6-37-9-16(35(27,28)29)36(30,31)32/h2-4,7-8,16H,5-6,9H2,1H3,(H,25,26)(H2,27,28,29)(H2,30,31,32). The molecule has 2 aromatic rings. The molecule has 0 saturated carbocycles. The molecule has 2 aromatic carbocycles. The molecule has 0 unspecified atom stereocenters. The Balaban J connectivity index is 1.86. The lowest BCUT2D eigenvalue weighted by molar-refractivity contribution is -0.131. The van der Waals surface area contributed by atoms with Crippen LogP contribution in [-0.4, -0.2) is 71.7 Å². The Kier molecular flexibility index (Phi) is 8.45. The number of benzene rings is 2. The van der Waals surface area contributed by atoms with Gasteiger partial charge in [-0.2, -0.15) is 11.8 Å². The quantitative estimate of drug-likeness (QED) is 0.101. The van der Waals surface area contributed by atoms with Gasteiger partial charge in [0, 0.05) is 29.6 Å². The molecule has 0 heterocycles. The normalized spacial score (nSPS) is 13.2. The number of ether oxygens (including phenoxy) is 2. The minimum atomic E-state index is -5.07. The van der Waals surface area contributed by atoms with Crippen LogP contribution in [0.25, 0.3) is 0 Å². The number of fused-ring (bicyclic) bond motifs is 2. The van der Waals surface area contributed by atoms with Gasteiger partial charge in [0.1, 0.15) is 11.5 Å². The molecule has 0 saturated heterocycles. The van der Waals surface area contributed by atoms with Gasteiger partial charge in [0.2, 0.25) is 5.78 Å². The zero-order valence-corrected chi connectivity index (χ0v) is 21.5. The van der Waals surface area contributed by atoms with Gasteiger partial charge in [-0.25, -0.2) is 4.79 Å². The van der Waals surface area contributed by atoms with E-state index in [2.05, 4.69) is 0 Å². The highest BCUT2D eigenvalue weighted by Crippen LogP contribution is 2.60. The van der Waals surface area contributed by atoms with Crippen LogP contribution < -0.4 is 9.47 Å². The zero-order valence-electron chi connectivity index (χ0n) is 18.9. The summed E-state index contributed by atoms with van der Waals surface area (Å²) in [5, 5.41) is 7.18. The number of hydrogen-bond acceptors (Lipinski definition) is 9. The first-order valence-corrected chi connectivity index (χ1v) is 14.8. The second kappa shape index (κ2) is 10.9. The summed E-state index contributed by atoms with van der Waals surface area (Å²) in [5.74, 6) is -4.71. The SMILES string of the molecule is CC(=O)Oc1cc(C(=O)O)cc2c1C(=O)c1c(OCCSCC(P(=O)(O)O)P(=O)(O)O)cccc1C2=O. The number of aromatic carboxylic acids is 1. The Morgan fingerprint density at radius 1 is 0.946 bits per heavy atom. The van der Waals surface area contributed by atoms with Crippen molar-refractivity contribution < 1.29 is 62.5 Å². The number of hydrogen-bond donors (Lipinski definition) is 5. The summed E-state index contributed by atoms with van der Waals surface area (Å²) in [7, 11) is -10.1. The number of esters is 1. The van der Waals surface area contributed by atoms with E-state index in [1.165, 1.54) is 18.2 Å². The molecule has 37 heavy (non-hydrogen) atoms. The molecule has 1 aliphatic carbocycles. The molecule has 0 amide bonds. The molecule has 0 bridgehead atoms. The highest BCUT2D eigenvalue weighted by molar-refractivity contribution is 8.00. The average molecular weight is 574 g/mol. The van der Waals surface area contributed by atoms with E-state index in [0.29, 0.717) is 0 Å². The number of carboxylic acid groups (broad SMARTS) is 1. The fourth-order valence-corrected chi connectivity index (χ4v) is 7.85. The summed E-state index contributed by atoms with van der Waals surface area (Å²) >= 11 is 0.801. The molecule has 16 heteroatoms. The first kappa shape index (κ1) is 28.7. The van der Waals surface area contributed by atoms with Gasteiger partial charge in [-0.1, -0.05) is 12.1 Å². The van der Waals surface area contributed by atoms with Crippen LogP contribution in [0.5, 0.6) is 11.5 Å². The van der Waals surface area contributed by atoms with E-state index in [0.717, 1.165) is 30.8 Å². The van der Waals surface area contributed by atoms with Crippen LogP contribution >= 0.6 is 27.0 Å². The third-order valence-electron chi connectivity index (χ3n) is 5.10. The van der Waals surface area contributed by atoms with E-state index in [1.54, 1.807) is 0 Å². The summed E-state index contributed by atoms with van der Waals surface area (Å²) in [6.45, 7) is 0.873. The van der Waals surface area contributed by atoms with Crippen LogP contribution in [0.15, 0.2) is 30.3 Å². The van der Waals surface area contributed by atoms with Crippen molar-refractivity contribution in [2.24, 2.45) is 0 Å². The molecule has 0 fully saturated rings. The minimum Gasteiger partial charge on any atom is -0.492 e. The number of carbonyl (C=O) groups excluding carboxylic acids is 3. The Morgan fingerprint density at radius 3 is 2.14 bits per heavy atom. The molecule has 0 atom stereocenters. The number of rotatable bonds is 10. The summed E-state index contributed by atoms with van der Waals surface area (Å²) in [5.41, 5.74) is -1.18. The number of thioether (sulfide) groups is 1. The number of carboxylic acids is 1. The van der Waals surface area contributed by atoms with Crippen molar-refractivity contribution in [2.45, 2.75) is 12.3 Å². The lowest BCUT2D eigenvalue weighted by Gasteiger charge is -2.22. The van der Waals surface area contributed by atoms with Gasteiger partial charge in [0.25, 0.3) is 0 Å². The molecule has 0 radical (unpaired) electrons. The largest absolute Gasteiger partial charge is 0.492 e. The maximum absolute atomic E-state index is 13.4. The van der Waals surface area contributed by atoms with Gasteiger partial charge in [-0.15, -0.1) is 0 Å². The van der Waals surface area contributed by atoms with Crippen LogP contribution in [0.4, 0.5) is 0 Å². The monoisotopic (exact) mass is 574 g/mol. The fourth-order valence-electron chi connectivity index (χ4n) is 3.52. The van der Waals surface area contributed by atoms with Gasteiger partial charge in [-0.3, -0.25) is 23.5 Å². The molecular formula is C21H20O13P2S. The van der Waals surface area contributed by atoms with Crippen molar-refractivity contribution >= 4 is 50.5 Å². The van der Waals surface area contributed by atoms with E-state index in [1.807, 2.05) is 0 Å².